The second kappa shape index (κ2) is 37.4. The van der Waals surface area contributed by atoms with E-state index in [4.69, 9.17) is 28.4 Å². The third-order valence-corrected chi connectivity index (χ3v) is 32.7. The van der Waals surface area contributed by atoms with Crippen LogP contribution in [0.1, 0.15) is 166 Å². The zero-order chi connectivity index (χ0) is 93.0. The van der Waals surface area contributed by atoms with Gasteiger partial charge in [0.1, 0.15) is 85.5 Å². The maximum absolute atomic E-state index is 13.5. The smallest absolute Gasteiger partial charge is 0.251 e. The van der Waals surface area contributed by atoms with Crippen LogP contribution in [-0.4, -0.2) is 100 Å². The Kier molecular flexibility index (Phi) is 26.2. The quantitative estimate of drug-likeness (QED) is 0.0902. The largest absolute Gasteiger partial charge is 0.472 e. The predicted octanol–water partition coefficient (Wildman–Crippen LogP) is 25.9. The maximum atomic E-state index is 13.5. The van der Waals surface area contributed by atoms with Gasteiger partial charge >= 0.3 is 0 Å². The van der Waals surface area contributed by atoms with Crippen molar-refractivity contribution in [2.24, 2.45) is 0 Å². The Hall–Kier alpha value is -11.2. The molecule has 15 nitrogen and oxygen atoms in total. The van der Waals surface area contributed by atoms with E-state index in [9.17, 15) is 13.2 Å². The van der Waals surface area contributed by atoms with Gasteiger partial charge in [0.25, 0.3) is 22.0 Å². The summed E-state index contributed by atoms with van der Waals surface area (Å²) in [5, 5.41) is 2.53. The van der Waals surface area contributed by atoms with Gasteiger partial charge in [-0.15, -0.1) is 0 Å². The van der Waals surface area contributed by atoms with Crippen LogP contribution in [0.2, 0.25) is 0 Å². The average Bonchev–Trinajstić information content (AvgIpc) is 1.17. The van der Waals surface area contributed by atoms with Gasteiger partial charge in [0.05, 0.1) is 52.4 Å². The summed E-state index contributed by atoms with van der Waals surface area (Å²) in [5.41, 5.74) is 29.4. The Bertz CT molecular complexity index is 6590. The number of ketones is 1. The molecule has 9 aliphatic rings. The SMILES string of the molecule is CC(=O)c1cc(C)cc2c1OC[N+](C)(c1ccccc1)S2=O.CC1(C)CCCc2ccc3c(c21)OC[N+](C)(c1ccccc1)S3.C[N+]1(c2ccccc2)COc2c(ccc3c2-c2ccccc2C3)S1=O.Cc1cc(C)c2c(c1)C(C)(C)N(c1cccc3ccccc13)CO2.Cc1cc(C)c2c(c1)C[N+]1(CCCCC1)CO2.Cc1cc(C)cc([N+]2(C)COc3c(C)cc(C)cc3C2)c1. The third kappa shape index (κ3) is 18.4. The molecule has 6 atom stereocenters. The molecule has 13 aromatic rings. The van der Waals surface area contributed by atoms with Crippen molar-refractivity contribution in [2.75, 3.05) is 86.6 Å². The number of benzene rings is 13. The fourth-order valence-corrected chi connectivity index (χ4v) is 25.1. The number of carbonyl (C=O) groups is 1. The summed E-state index contributed by atoms with van der Waals surface area (Å²) in [7, 11) is 5.76. The van der Waals surface area contributed by atoms with Crippen LogP contribution in [0.15, 0.2) is 263 Å². The van der Waals surface area contributed by atoms with Crippen LogP contribution in [0.3, 0.4) is 0 Å². The Morgan fingerprint density at radius 1 is 0.417 bits per heavy atom. The van der Waals surface area contributed by atoms with E-state index in [1.165, 1.54) is 187 Å². The number of hydrogen-bond donors (Lipinski definition) is 0. The number of carbonyl (C=O) groups excluding carboxylic acids is 1. The van der Waals surface area contributed by atoms with Crippen LogP contribution in [0.25, 0.3) is 21.9 Å². The van der Waals surface area contributed by atoms with Gasteiger partial charge in [0, 0.05) is 87.4 Å². The molecular formula is C114H129N6O9S3+5. The van der Waals surface area contributed by atoms with E-state index < -0.39 is 22.0 Å². The van der Waals surface area contributed by atoms with Crippen molar-refractivity contribution >= 4 is 78.9 Å². The highest BCUT2D eigenvalue weighted by Gasteiger charge is 2.47. The Balaban J connectivity index is 0.000000111. The van der Waals surface area contributed by atoms with Crippen molar-refractivity contribution in [1.82, 2.24) is 16.1 Å². The molecule has 0 amide bonds. The van der Waals surface area contributed by atoms with E-state index in [1.54, 1.807) is 6.07 Å². The molecular weight excluding hydrogens is 1690 g/mol. The first-order valence-electron chi connectivity index (χ1n) is 46.6. The van der Waals surface area contributed by atoms with Gasteiger partial charge in [-0.05, 0) is 237 Å². The van der Waals surface area contributed by atoms with Gasteiger partial charge in [0.15, 0.2) is 24.0 Å². The van der Waals surface area contributed by atoms with E-state index in [0.717, 1.165) is 88.7 Å². The second-order valence-electron chi connectivity index (χ2n) is 39.7. The summed E-state index contributed by atoms with van der Waals surface area (Å²) in [5.74, 6) is 5.61. The molecule has 0 aromatic heterocycles. The van der Waals surface area contributed by atoms with Crippen molar-refractivity contribution in [1.29, 1.82) is 0 Å². The van der Waals surface area contributed by atoms with Crippen LogP contribution < -0.4 is 49.5 Å². The highest BCUT2D eigenvalue weighted by atomic mass is 32.2. The number of para-hydroxylation sites is 3. The predicted molar refractivity (Wildman–Crippen MR) is 544 cm³/mol. The van der Waals surface area contributed by atoms with Crippen molar-refractivity contribution in [3.63, 3.8) is 0 Å². The van der Waals surface area contributed by atoms with Gasteiger partial charge in [-0.3, -0.25) is 13.8 Å². The van der Waals surface area contributed by atoms with Crippen molar-refractivity contribution < 1.29 is 46.1 Å². The average molecular weight is 1820 g/mol. The van der Waals surface area contributed by atoms with Gasteiger partial charge in [-0.2, -0.15) is 20.1 Å². The van der Waals surface area contributed by atoms with Crippen molar-refractivity contribution in [3.05, 3.63) is 343 Å². The molecule has 0 radical (unpaired) electrons. The number of anilines is 1. The van der Waals surface area contributed by atoms with Gasteiger partial charge in [-0.1, -0.05) is 188 Å². The molecule has 682 valence electrons. The summed E-state index contributed by atoms with van der Waals surface area (Å²) in [6, 6.07) is 86.2. The first-order valence-corrected chi connectivity index (χ1v) is 49.6. The zero-order valence-electron chi connectivity index (χ0n) is 80.3. The highest BCUT2D eigenvalue weighted by Crippen LogP contribution is 2.54. The number of aryl methyl sites for hydroxylation is 10. The number of quaternary nitrogens is 5. The first kappa shape index (κ1) is 92.7. The Labute approximate surface area is 791 Å². The number of Topliss-reactive ketones (excluding diaryl/α,β-unsaturated/α-hetero) is 1. The maximum Gasteiger partial charge on any atom is 0.251 e. The van der Waals surface area contributed by atoms with E-state index in [-0.39, 0.29) is 31.2 Å². The van der Waals surface area contributed by atoms with E-state index in [2.05, 4.69) is 272 Å². The standard InChI is InChI=1S/C22H23NO.C21H18NO2S.C20H24NOS.C19H24NO.C17H18NO3S.C15H22NO/c1-15-12-16(2)21-19(13-15)22(3,4)23(14-24-21)20-11-7-9-17-8-5-6-10-18(17)20;1-22(17-8-3-2-4-9-17)14-24-21-19(25(22)23)12-11-16-13-15-7-5-6-10-18(15)20(16)21;1-20(2)13-7-8-15-11-12-17-19(18(15)20)22-14-21(3,23-17)16-9-5-4-6-10-16;1-13-6-14(2)10-18(9-13)20(5)11-17-8-15(3)7-16(4)19(17)21-12-20;1-12-9-15(13(2)19)17-16(10-12)22(20)18(3,11-21-17)14-7-5-4-6-8-14;1-12-8-13(2)15-14(9-12)10-16(11-17-15)6-4-3-5-7-16/h5-13H,14H2,1-4H3;2-12H,13-14H2,1H3;4-6,9-12H,7-8,13-14H2,1-3H3;6-10H,11-12H2,1-5H3;4-10H,11H2,1-3H3;8-9H,3-7,10-11H2,1-2H3/q;5*+1. The Morgan fingerprint density at radius 3 is 1.60 bits per heavy atom. The molecule has 7 heterocycles. The molecule has 0 N–H and O–H groups in total. The van der Waals surface area contributed by atoms with E-state index in [1.807, 2.05) is 106 Å². The van der Waals surface area contributed by atoms with Crippen molar-refractivity contribution in [3.8, 4) is 45.6 Å². The molecule has 1 spiro atoms. The minimum absolute atomic E-state index is 0.0761. The minimum Gasteiger partial charge on any atom is -0.472 e. The van der Waals surface area contributed by atoms with Crippen LogP contribution >= 0.6 is 11.9 Å². The Morgan fingerprint density at radius 2 is 0.947 bits per heavy atom. The summed E-state index contributed by atoms with van der Waals surface area (Å²) < 4.78 is 66.6. The summed E-state index contributed by atoms with van der Waals surface area (Å²) in [6.45, 7) is 38.1. The molecule has 1 saturated heterocycles. The lowest BCUT2D eigenvalue weighted by atomic mass is 9.72. The molecule has 0 bridgehead atoms. The summed E-state index contributed by atoms with van der Waals surface area (Å²) in [4.78, 5) is 16.8. The molecule has 132 heavy (non-hydrogen) atoms. The van der Waals surface area contributed by atoms with Crippen LogP contribution in [0, 0.1) is 62.3 Å². The lowest BCUT2D eigenvalue weighted by Gasteiger charge is -2.45. The molecule has 7 aliphatic heterocycles. The molecule has 18 heteroatoms. The zero-order valence-corrected chi connectivity index (χ0v) is 82.7. The third-order valence-electron chi connectivity index (χ3n) is 28.0. The fourth-order valence-electron chi connectivity index (χ4n) is 21.1. The lowest BCUT2D eigenvalue weighted by Crippen LogP contribution is -2.54. The normalized spacial score (nSPS) is 21.8. The minimum atomic E-state index is -1.35. The first-order chi connectivity index (χ1) is 63.1. The molecule has 2 aliphatic carbocycles. The van der Waals surface area contributed by atoms with Crippen LogP contribution in [0.5, 0.6) is 34.5 Å². The molecule has 22 rings (SSSR count). The van der Waals surface area contributed by atoms with Crippen molar-refractivity contribution in [2.45, 2.75) is 181 Å². The monoisotopic (exact) mass is 1820 g/mol. The van der Waals surface area contributed by atoms with Gasteiger partial charge in [0.2, 0.25) is 33.7 Å². The molecule has 13 aromatic carbocycles. The number of ether oxygens (including phenoxy) is 6. The number of hydrogen-bond acceptors (Lipinski definition) is 11. The van der Waals surface area contributed by atoms with E-state index in [0.29, 0.717) is 43.1 Å². The van der Waals surface area contributed by atoms with E-state index >= 15 is 0 Å². The summed E-state index contributed by atoms with van der Waals surface area (Å²) in [6.07, 6.45) is 8.76. The molecule has 1 fully saturated rings. The topological polar surface area (TPSA) is 110 Å². The fraction of sp³-hybridized carbons (Fsp3) is 0.325. The van der Waals surface area contributed by atoms with Crippen LogP contribution in [-0.2, 0) is 58.9 Å². The van der Waals surface area contributed by atoms with Crippen LogP contribution in [0.4, 0.5) is 28.4 Å². The second-order valence-corrected chi connectivity index (χ2v) is 44.6. The number of rotatable bonds is 6. The van der Waals surface area contributed by atoms with Gasteiger partial charge < -0.3 is 33.3 Å². The molecule has 6 unspecified atom stereocenters. The van der Waals surface area contributed by atoms with Gasteiger partial charge in [-0.25, -0.2) is 0 Å². The summed E-state index contributed by atoms with van der Waals surface area (Å²) >= 11 is 1.90. The number of nitrogens with zero attached hydrogens (tertiary/aromatic N) is 6. The lowest BCUT2D eigenvalue weighted by molar-refractivity contribution is -0.961. The highest BCUT2D eigenvalue weighted by molar-refractivity contribution is 7.99. The molecule has 0 saturated carbocycles. The number of piperidine rings is 1. The number of fused-ring (bicyclic) bond motifs is 13.